The van der Waals surface area contributed by atoms with Gasteiger partial charge in [-0.05, 0) is 60.2 Å². The molecule has 0 fully saturated rings. The van der Waals surface area contributed by atoms with Gasteiger partial charge in [0.1, 0.15) is 11.6 Å². The van der Waals surface area contributed by atoms with E-state index in [1.165, 1.54) is 6.07 Å². The maximum atomic E-state index is 14.7. The Balaban J connectivity index is 1.63. The van der Waals surface area contributed by atoms with Crippen LogP contribution in [0.4, 0.5) is 4.39 Å². The number of hydrogen-bond acceptors (Lipinski definition) is 4. The highest BCUT2D eigenvalue weighted by Gasteiger charge is 2.08. The maximum absolute atomic E-state index is 14.7. The fraction of sp³-hybridized carbons (Fsp3) is 0.154. The van der Waals surface area contributed by atoms with Crippen molar-refractivity contribution in [1.82, 2.24) is 0 Å². The van der Waals surface area contributed by atoms with Crippen molar-refractivity contribution in [1.29, 1.82) is 0 Å². The van der Waals surface area contributed by atoms with Gasteiger partial charge in [-0.3, -0.25) is 4.79 Å². The summed E-state index contributed by atoms with van der Waals surface area (Å²) in [5.74, 6) is -0.291. The van der Waals surface area contributed by atoms with Crippen molar-refractivity contribution in [3.8, 4) is 28.0 Å². The van der Waals surface area contributed by atoms with Crippen molar-refractivity contribution in [2.24, 2.45) is 0 Å². The fourth-order valence-electron chi connectivity index (χ4n) is 3.13. The van der Waals surface area contributed by atoms with Gasteiger partial charge in [-0.25, -0.2) is 9.18 Å². The van der Waals surface area contributed by atoms with E-state index in [1.807, 2.05) is 30.3 Å². The quantitative estimate of drug-likeness (QED) is 0.192. The highest BCUT2D eigenvalue weighted by Crippen LogP contribution is 2.29. The molecule has 0 amide bonds. The van der Waals surface area contributed by atoms with Crippen molar-refractivity contribution in [3.63, 3.8) is 0 Å². The molecule has 0 atom stereocenters. The average molecular weight is 418 g/mol. The molecule has 0 aromatic heterocycles. The lowest BCUT2D eigenvalue weighted by Gasteiger charge is -2.09. The number of ether oxygens (including phenoxy) is 2. The van der Waals surface area contributed by atoms with Crippen LogP contribution in [0.3, 0.4) is 0 Å². The van der Waals surface area contributed by atoms with Gasteiger partial charge in [-0.2, -0.15) is 0 Å². The molecule has 0 aliphatic carbocycles. The minimum atomic E-state index is -0.369. The molecule has 158 valence electrons. The lowest BCUT2D eigenvalue weighted by atomic mass is 9.98. The van der Waals surface area contributed by atoms with Gasteiger partial charge in [0.05, 0.1) is 6.61 Å². The molecule has 4 nitrogen and oxygen atoms in total. The van der Waals surface area contributed by atoms with Crippen LogP contribution in [0.5, 0.6) is 5.75 Å². The van der Waals surface area contributed by atoms with E-state index in [2.05, 4.69) is 6.58 Å². The Hall–Kier alpha value is -3.73. The summed E-state index contributed by atoms with van der Waals surface area (Å²) in [6.07, 6.45) is 1.50. The van der Waals surface area contributed by atoms with E-state index in [9.17, 15) is 14.0 Å². The SMILES string of the molecule is C=C(C)C(=O)OCCCc1ccc(-c2ccc(-c3ccc(OC=O)cc3)c(F)c2)cc1. The topological polar surface area (TPSA) is 52.6 Å². The predicted octanol–water partition coefficient (Wildman–Crippen LogP) is 5.75. The molecule has 0 spiro atoms. The van der Waals surface area contributed by atoms with E-state index in [4.69, 9.17) is 9.47 Å². The number of esters is 1. The Labute approximate surface area is 180 Å². The number of rotatable bonds is 9. The maximum Gasteiger partial charge on any atom is 0.333 e. The predicted molar refractivity (Wildman–Crippen MR) is 118 cm³/mol. The molecule has 0 saturated heterocycles. The molecule has 0 bridgehead atoms. The molecule has 3 aromatic carbocycles. The fourth-order valence-corrected chi connectivity index (χ4v) is 3.13. The molecule has 31 heavy (non-hydrogen) atoms. The van der Waals surface area contributed by atoms with Crippen LogP contribution in [-0.4, -0.2) is 19.0 Å². The molecule has 0 heterocycles. The van der Waals surface area contributed by atoms with E-state index in [0.717, 1.165) is 29.5 Å². The first-order valence-electron chi connectivity index (χ1n) is 9.90. The number of hydrogen-bond donors (Lipinski definition) is 0. The Morgan fingerprint density at radius 3 is 2.23 bits per heavy atom. The summed E-state index contributed by atoms with van der Waals surface area (Å²) in [4.78, 5) is 21.8. The van der Waals surface area contributed by atoms with Gasteiger partial charge in [0.2, 0.25) is 0 Å². The smallest absolute Gasteiger partial charge is 0.333 e. The summed E-state index contributed by atoms with van der Waals surface area (Å²) in [5, 5.41) is 0. The number of carbonyl (C=O) groups excluding carboxylic acids is 2. The van der Waals surface area contributed by atoms with Crippen molar-refractivity contribution in [2.75, 3.05) is 6.61 Å². The van der Waals surface area contributed by atoms with E-state index < -0.39 is 0 Å². The monoisotopic (exact) mass is 418 g/mol. The van der Waals surface area contributed by atoms with Crippen molar-refractivity contribution in [2.45, 2.75) is 19.8 Å². The molecule has 5 heteroatoms. The Morgan fingerprint density at radius 2 is 1.61 bits per heavy atom. The van der Waals surface area contributed by atoms with Crippen molar-refractivity contribution < 1.29 is 23.5 Å². The van der Waals surface area contributed by atoms with Crippen LogP contribution in [0.1, 0.15) is 18.9 Å². The lowest BCUT2D eigenvalue weighted by Crippen LogP contribution is -2.06. The first-order chi connectivity index (χ1) is 15.0. The first-order valence-corrected chi connectivity index (χ1v) is 9.90. The molecule has 3 aromatic rings. The number of halogens is 1. The Bertz CT molecular complexity index is 1070. The summed E-state index contributed by atoms with van der Waals surface area (Å²) in [6, 6.07) is 19.7. The molecular formula is C26H23FO4. The summed E-state index contributed by atoms with van der Waals surface area (Å²) >= 11 is 0. The summed E-state index contributed by atoms with van der Waals surface area (Å²) in [5.41, 5.74) is 4.38. The third kappa shape index (κ3) is 5.89. The number of aryl methyl sites for hydroxylation is 1. The minimum absolute atomic E-state index is 0.329. The molecular weight excluding hydrogens is 395 g/mol. The van der Waals surface area contributed by atoms with Crippen LogP contribution in [0.25, 0.3) is 22.3 Å². The summed E-state index contributed by atoms with van der Waals surface area (Å²) < 4.78 is 24.6. The largest absolute Gasteiger partial charge is 0.462 e. The standard InChI is InChI=1S/C26H23FO4/c1-18(2)26(29)30-15-3-4-19-5-7-20(8-6-19)22-11-14-24(25(27)16-22)21-9-12-23(13-10-21)31-17-28/h5-14,16-17H,1,3-4,15H2,2H3. The van der Waals surface area contributed by atoms with Crippen molar-refractivity contribution in [3.05, 3.63) is 90.3 Å². The second-order valence-electron chi connectivity index (χ2n) is 7.15. The van der Waals surface area contributed by atoms with Gasteiger partial charge >= 0.3 is 5.97 Å². The van der Waals surface area contributed by atoms with Gasteiger partial charge in [-0.15, -0.1) is 0 Å². The van der Waals surface area contributed by atoms with Crippen molar-refractivity contribution >= 4 is 12.4 Å². The van der Waals surface area contributed by atoms with E-state index in [0.29, 0.717) is 35.5 Å². The van der Waals surface area contributed by atoms with Crippen LogP contribution in [0, 0.1) is 5.82 Å². The second-order valence-corrected chi connectivity index (χ2v) is 7.15. The highest BCUT2D eigenvalue weighted by molar-refractivity contribution is 5.86. The van der Waals surface area contributed by atoms with Gasteiger partial charge in [0.15, 0.2) is 0 Å². The average Bonchev–Trinajstić information content (AvgIpc) is 2.78. The molecule has 3 rings (SSSR count). The molecule has 0 N–H and O–H groups in total. The Kier molecular flexibility index (Phi) is 7.33. The third-order valence-electron chi connectivity index (χ3n) is 4.80. The molecule has 0 saturated carbocycles. The number of carbonyl (C=O) groups is 2. The van der Waals surface area contributed by atoms with E-state index in [1.54, 1.807) is 37.3 Å². The van der Waals surface area contributed by atoms with Gasteiger partial charge in [-0.1, -0.05) is 55.1 Å². The third-order valence-corrected chi connectivity index (χ3v) is 4.80. The van der Waals surface area contributed by atoms with Crippen LogP contribution < -0.4 is 4.74 Å². The molecule has 0 aliphatic rings. The number of benzene rings is 3. The Morgan fingerprint density at radius 1 is 0.968 bits per heavy atom. The summed E-state index contributed by atoms with van der Waals surface area (Å²) in [7, 11) is 0. The highest BCUT2D eigenvalue weighted by atomic mass is 19.1. The first kappa shape index (κ1) is 22.0. The van der Waals surface area contributed by atoms with Crippen LogP contribution >= 0.6 is 0 Å². The molecule has 0 unspecified atom stereocenters. The second kappa shape index (κ2) is 10.3. The summed E-state index contributed by atoms with van der Waals surface area (Å²) in [6.45, 7) is 5.88. The van der Waals surface area contributed by atoms with Gasteiger partial charge < -0.3 is 9.47 Å². The zero-order valence-corrected chi connectivity index (χ0v) is 17.3. The normalized spacial score (nSPS) is 10.4. The zero-order chi connectivity index (χ0) is 22.2. The van der Waals surface area contributed by atoms with Crippen LogP contribution in [0.15, 0.2) is 78.9 Å². The zero-order valence-electron chi connectivity index (χ0n) is 17.3. The molecule has 0 aliphatic heterocycles. The van der Waals surface area contributed by atoms with Crippen LogP contribution in [0.2, 0.25) is 0 Å². The molecule has 0 radical (unpaired) electrons. The van der Waals surface area contributed by atoms with E-state index >= 15 is 0 Å². The van der Waals surface area contributed by atoms with E-state index in [-0.39, 0.29) is 11.8 Å². The van der Waals surface area contributed by atoms with Gasteiger partial charge in [0, 0.05) is 11.1 Å². The van der Waals surface area contributed by atoms with Crippen LogP contribution in [-0.2, 0) is 20.7 Å². The minimum Gasteiger partial charge on any atom is -0.462 e. The lowest BCUT2D eigenvalue weighted by molar-refractivity contribution is -0.139. The van der Waals surface area contributed by atoms with Gasteiger partial charge in [0.25, 0.3) is 6.47 Å².